The number of esters is 1. The number of para-hydroxylation sites is 1. The molecule has 2 aromatic rings. The van der Waals surface area contributed by atoms with E-state index in [0.717, 1.165) is 5.56 Å². The maximum absolute atomic E-state index is 12.3. The van der Waals surface area contributed by atoms with Crippen molar-refractivity contribution in [1.29, 1.82) is 0 Å². The fourth-order valence-corrected chi connectivity index (χ4v) is 2.09. The minimum Gasteiger partial charge on any atom is -0.425 e. The number of hydrogen-bond acceptors (Lipinski definition) is 3. The van der Waals surface area contributed by atoms with Crippen molar-refractivity contribution in [2.24, 2.45) is 0 Å². The van der Waals surface area contributed by atoms with E-state index in [1.165, 1.54) is 0 Å². The lowest BCUT2D eigenvalue weighted by molar-refractivity contribution is -0.131. The fourth-order valence-electron chi connectivity index (χ4n) is 1.97. The summed E-state index contributed by atoms with van der Waals surface area (Å²) in [5.74, 6) is -0.129. The molecule has 3 nitrogen and oxygen atoms in total. The van der Waals surface area contributed by atoms with Crippen LogP contribution in [-0.2, 0) is 11.2 Å². The van der Waals surface area contributed by atoms with E-state index in [1.54, 1.807) is 24.3 Å². The summed E-state index contributed by atoms with van der Waals surface area (Å²) in [4.78, 5) is 23.7. The van der Waals surface area contributed by atoms with Crippen molar-refractivity contribution in [3.8, 4) is 5.75 Å². The van der Waals surface area contributed by atoms with Gasteiger partial charge in [-0.3, -0.25) is 9.59 Å². The number of ether oxygens (including phenoxy) is 1. The van der Waals surface area contributed by atoms with Gasteiger partial charge < -0.3 is 4.74 Å². The third-order valence-corrected chi connectivity index (χ3v) is 3.46. The second kappa shape index (κ2) is 7.74. The Bertz CT molecular complexity index is 623. The molecule has 0 saturated heterocycles. The number of ketones is 1. The van der Waals surface area contributed by atoms with Gasteiger partial charge in [-0.05, 0) is 24.1 Å². The van der Waals surface area contributed by atoms with Crippen LogP contribution in [0.15, 0.2) is 54.6 Å². The molecule has 0 aliphatic rings. The lowest BCUT2D eigenvalue weighted by atomic mass is 10.0. The van der Waals surface area contributed by atoms with Gasteiger partial charge in [-0.2, -0.15) is 0 Å². The molecular formula is C17H15BrO3. The topological polar surface area (TPSA) is 43.4 Å². The van der Waals surface area contributed by atoms with Crippen LogP contribution in [0.4, 0.5) is 0 Å². The van der Waals surface area contributed by atoms with Crippen molar-refractivity contribution in [2.45, 2.75) is 12.8 Å². The molecule has 0 heterocycles. The number of benzene rings is 2. The smallest absolute Gasteiger partial charge is 0.321 e. The second-order valence-electron chi connectivity index (χ2n) is 4.51. The van der Waals surface area contributed by atoms with Gasteiger partial charge >= 0.3 is 5.97 Å². The Hall–Kier alpha value is -1.94. The van der Waals surface area contributed by atoms with Gasteiger partial charge in [0.15, 0.2) is 5.78 Å². The van der Waals surface area contributed by atoms with Gasteiger partial charge in [0.05, 0.1) is 5.56 Å². The van der Waals surface area contributed by atoms with Crippen molar-refractivity contribution in [1.82, 2.24) is 0 Å². The van der Waals surface area contributed by atoms with E-state index in [4.69, 9.17) is 4.74 Å². The standard InChI is InChI=1S/C17H15BrO3/c18-12-17(20)21-16-9-5-4-8-14(16)15(19)11-10-13-6-2-1-3-7-13/h1-9H,10-12H2. The van der Waals surface area contributed by atoms with E-state index in [9.17, 15) is 9.59 Å². The van der Waals surface area contributed by atoms with E-state index in [2.05, 4.69) is 15.9 Å². The monoisotopic (exact) mass is 346 g/mol. The first-order valence-electron chi connectivity index (χ1n) is 6.63. The summed E-state index contributed by atoms with van der Waals surface area (Å²) in [6, 6.07) is 16.7. The van der Waals surface area contributed by atoms with Gasteiger partial charge in [0.25, 0.3) is 0 Å². The predicted octanol–water partition coefficient (Wildman–Crippen LogP) is 3.80. The quantitative estimate of drug-likeness (QED) is 0.346. The third-order valence-electron chi connectivity index (χ3n) is 3.00. The molecule has 108 valence electrons. The number of alkyl halides is 1. The van der Waals surface area contributed by atoms with Crippen LogP contribution in [0.2, 0.25) is 0 Å². The van der Waals surface area contributed by atoms with Gasteiger partial charge in [0.2, 0.25) is 0 Å². The maximum atomic E-state index is 12.3. The Balaban J connectivity index is 2.07. The van der Waals surface area contributed by atoms with Crippen molar-refractivity contribution >= 4 is 27.7 Å². The van der Waals surface area contributed by atoms with Crippen molar-refractivity contribution in [3.05, 3.63) is 65.7 Å². The summed E-state index contributed by atoms with van der Waals surface area (Å²) in [5, 5.41) is 0.0968. The summed E-state index contributed by atoms with van der Waals surface area (Å²) in [5.41, 5.74) is 1.56. The largest absolute Gasteiger partial charge is 0.425 e. The highest BCUT2D eigenvalue weighted by Gasteiger charge is 2.14. The minimum absolute atomic E-state index is 0.0307. The summed E-state index contributed by atoms with van der Waals surface area (Å²) in [6.07, 6.45) is 1.05. The maximum Gasteiger partial charge on any atom is 0.321 e. The number of hydrogen-bond donors (Lipinski definition) is 0. The summed E-state index contributed by atoms with van der Waals surface area (Å²) in [6.45, 7) is 0. The number of aryl methyl sites for hydroxylation is 1. The van der Waals surface area contributed by atoms with E-state index in [-0.39, 0.29) is 11.1 Å². The molecule has 21 heavy (non-hydrogen) atoms. The first-order valence-corrected chi connectivity index (χ1v) is 7.75. The van der Waals surface area contributed by atoms with Gasteiger partial charge in [0.1, 0.15) is 11.1 Å². The molecule has 0 unspecified atom stereocenters. The highest BCUT2D eigenvalue weighted by atomic mass is 79.9. The molecule has 0 fully saturated rings. The molecule has 4 heteroatoms. The van der Waals surface area contributed by atoms with Crippen molar-refractivity contribution in [2.75, 3.05) is 5.33 Å². The predicted molar refractivity (Wildman–Crippen MR) is 85.0 cm³/mol. The average Bonchev–Trinajstić information content (AvgIpc) is 2.54. The van der Waals surface area contributed by atoms with Crippen LogP contribution in [0.25, 0.3) is 0 Å². The lowest BCUT2D eigenvalue weighted by Crippen LogP contribution is -2.12. The molecular weight excluding hydrogens is 332 g/mol. The van der Waals surface area contributed by atoms with E-state index in [1.807, 2.05) is 30.3 Å². The van der Waals surface area contributed by atoms with E-state index < -0.39 is 5.97 Å². The average molecular weight is 347 g/mol. The Kier molecular flexibility index (Phi) is 5.69. The zero-order chi connectivity index (χ0) is 15.1. The van der Waals surface area contributed by atoms with Crippen molar-refractivity contribution in [3.63, 3.8) is 0 Å². The number of halogens is 1. The second-order valence-corrected chi connectivity index (χ2v) is 5.07. The molecule has 0 aliphatic heterocycles. The molecule has 0 spiro atoms. The van der Waals surface area contributed by atoms with Crippen LogP contribution < -0.4 is 4.74 Å². The zero-order valence-electron chi connectivity index (χ0n) is 11.4. The van der Waals surface area contributed by atoms with E-state index >= 15 is 0 Å². The Morgan fingerprint density at radius 1 is 0.952 bits per heavy atom. The Labute approximate surface area is 132 Å². The Morgan fingerprint density at radius 3 is 2.33 bits per heavy atom. The summed E-state index contributed by atoms with van der Waals surface area (Å²) >= 11 is 3.04. The normalized spacial score (nSPS) is 10.1. The minimum atomic E-state index is -0.418. The first-order chi connectivity index (χ1) is 10.2. The molecule has 0 saturated carbocycles. The number of carbonyl (C=O) groups excluding carboxylic acids is 2. The molecule has 2 rings (SSSR count). The van der Waals surface area contributed by atoms with Crippen LogP contribution in [0, 0.1) is 0 Å². The molecule has 2 aromatic carbocycles. The van der Waals surface area contributed by atoms with Crippen LogP contribution in [-0.4, -0.2) is 17.1 Å². The van der Waals surface area contributed by atoms with Crippen molar-refractivity contribution < 1.29 is 14.3 Å². The zero-order valence-corrected chi connectivity index (χ0v) is 13.0. The number of rotatable bonds is 6. The highest BCUT2D eigenvalue weighted by Crippen LogP contribution is 2.21. The number of Topliss-reactive ketones (excluding diaryl/α,β-unsaturated/α-hetero) is 1. The molecule has 0 aromatic heterocycles. The molecule has 0 bridgehead atoms. The van der Waals surface area contributed by atoms with Crippen LogP contribution in [0.5, 0.6) is 5.75 Å². The highest BCUT2D eigenvalue weighted by molar-refractivity contribution is 9.09. The van der Waals surface area contributed by atoms with Crippen LogP contribution >= 0.6 is 15.9 Å². The fraction of sp³-hybridized carbons (Fsp3) is 0.176. The summed E-state index contributed by atoms with van der Waals surface area (Å²) in [7, 11) is 0. The van der Waals surface area contributed by atoms with Crippen LogP contribution in [0.1, 0.15) is 22.3 Å². The lowest BCUT2D eigenvalue weighted by Gasteiger charge is -2.08. The number of carbonyl (C=O) groups is 2. The molecule has 0 aliphatic carbocycles. The van der Waals surface area contributed by atoms with Gasteiger partial charge in [0, 0.05) is 6.42 Å². The SMILES string of the molecule is O=C(CBr)Oc1ccccc1C(=O)CCc1ccccc1. The first kappa shape index (κ1) is 15.4. The summed E-state index contributed by atoms with van der Waals surface area (Å²) < 4.78 is 5.16. The molecule has 0 amide bonds. The van der Waals surface area contributed by atoms with E-state index in [0.29, 0.717) is 24.2 Å². The third kappa shape index (κ3) is 4.53. The van der Waals surface area contributed by atoms with Gasteiger partial charge in [-0.15, -0.1) is 0 Å². The van der Waals surface area contributed by atoms with Gasteiger partial charge in [-0.1, -0.05) is 58.4 Å². The Morgan fingerprint density at radius 2 is 1.62 bits per heavy atom. The molecule has 0 atom stereocenters. The molecule has 0 radical (unpaired) electrons. The van der Waals surface area contributed by atoms with Gasteiger partial charge in [-0.25, -0.2) is 0 Å². The van der Waals surface area contributed by atoms with Crippen LogP contribution in [0.3, 0.4) is 0 Å². The molecule has 0 N–H and O–H groups in total.